The molecule has 0 radical (unpaired) electrons. The highest BCUT2D eigenvalue weighted by atomic mass is 79.9. The van der Waals surface area contributed by atoms with Crippen molar-refractivity contribution in [1.29, 1.82) is 0 Å². The molecule has 6 heteroatoms. The average molecular weight is 317 g/mol. The average Bonchev–Trinajstić information content (AvgIpc) is 2.80. The quantitative estimate of drug-likeness (QED) is 0.822. The highest BCUT2D eigenvalue weighted by molar-refractivity contribution is 9.10. The van der Waals surface area contributed by atoms with Gasteiger partial charge in [-0.15, -0.1) is 0 Å². The number of anilines is 2. The Balaban J connectivity index is 2.33. The van der Waals surface area contributed by atoms with Crippen LogP contribution in [0.3, 0.4) is 0 Å². The number of rotatable bonds is 2. The number of carbonyl (C=O) groups is 1. The number of halogens is 2. The van der Waals surface area contributed by atoms with Crippen LogP contribution >= 0.6 is 15.9 Å². The number of nitrogens with zero attached hydrogens (tertiary/aromatic N) is 1. The molecule has 1 heterocycles. The molecule has 1 aliphatic rings. The summed E-state index contributed by atoms with van der Waals surface area (Å²) in [5.41, 5.74) is 7.69. The molecule has 0 spiro atoms. The lowest BCUT2D eigenvalue weighted by Crippen LogP contribution is -2.24. The molecule has 98 valence electrons. The van der Waals surface area contributed by atoms with Crippen molar-refractivity contribution in [3.05, 3.63) is 21.9 Å². The van der Waals surface area contributed by atoms with E-state index in [0.717, 1.165) is 0 Å². The van der Waals surface area contributed by atoms with E-state index in [9.17, 15) is 9.18 Å². The summed E-state index contributed by atoms with van der Waals surface area (Å²) in [6.45, 7) is 2.69. The molecule has 0 bridgehead atoms. The fourth-order valence-electron chi connectivity index (χ4n) is 2.19. The van der Waals surface area contributed by atoms with Crippen molar-refractivity contribution >= 4 is 33.3 Å². The molecule has 18 heavy (non-hydrogen) atoms. The van der Waals surface area contributed by atoms with Crippen LogP contribution in [-0.2, 0) is 4.79 Å². The van der Waals surface area contributed by atoms with Crippen molar-refractivity contribution in [3.63, 3.8) is 0 Å². The summed E-state index contributed by atoms with van der Waals surface area (Å²) >= 11 is 3.14. The van der Waals surface area contributed by atoms with Crippen LogP contribution in [0, 0.1) is 18.7 Å². The Kier molecular flexibility index (Phi) is 3.47. The predicted molar refractivity (Wildman–Crippen MR) is 71.2 cm³/mol. The van der Waals surface area contributed by atoms with Gasteiger partial charge in [0.15, 0.2) is 0 Å². The predicted octanol–water partition coefficient (Wildman–Crippen LogP) is 2.39. The number of hydrogen-bond acceptors (Lipinski definition) is 3. The zero-order valence-corrected chi connectivity index (χ0v) is 11.5. The van der Waals surface area contributed by atoms with Gasteiger partial charge in [-0.25, -0.2) is 4.39 Å². The first-order chi connectivity index (χ1) is 8.41. The number of hydrogen-bond donors (Lipinski definition) is 2. The molecule has 0 unspecified atom stereocenters. The van der Waals surface area contributed by atoms with Crippen LogP contribution in [0.25, 0.3) is 0 Å². The number of aliphatic carboxylic acids is 1. The summed E-state index contributed by atoms with van der Waals surface area (Å²) in [4.78, 5) is 12.7. The van der Waals surface area contributed by atoms with Crippen molar-refractivity contribution in [2.75, 3.05) is 23.7 Å². The van der Waals surface area contributed by atoms with Crippen molar-refractivity contribution < 1.29 is 14.3 Å². The fraction of sp³-hybridized carbons (Fsp3) is 0.417. The molecule has 1 aliphatic heterocycles. The molecular weight excluding hydrogens is 303 g/mol. The highest BCUT2D eigenvalue weighted by Crippen LogP contribution is 2.36. The lowest BCUT2D eigenvalue weighted by molar-refractivity contribution is -0.140. The Labute approximate surface area is 113 Å². The molecule has 0 aliphatic carbocycles. The Morgan fingerprint density at radius 3 is 2.89 bits per heavy atom. The number of benzene rings is 1. The SMILES string of the molecule is Cc1c(N)c(N2CC[C@H](C(=O)O)C2)cc(F)c1Br. The number of carboxylic acid groups (broad SMARTS) is 1. The third-order valence-electron chi connectivity index (χ3n) is 3.36. The zero-order valence-electron chi connectivity index (χ0n) is 9.91. The number of nitrogen functional groups attached to an aromatic ring is 1. The van der Waals surface area contributed by atoms with E-state index in [1.165, 1.54) is 6.07 Å². The summed E-state index contributed by atoms with van der Waals surface area (Å²) in [7, 11) is 0. The summed E-state index contributed by atoms with van der Waals surface area (Å²) < 4.78 is 14.0. The molecule has 1 atom stereocenters. The van der Waals surface area contributed by atoms with Crippen molar-refractivity contribution in [3.8, 4) is 0 Å². The monoisotopic (exact) mass is 316 g/mol. The van der Waals surface area contributed by atoms with Gasteiger partial charge in [-0.05, 0) is 34.8 Å². The van der Waals surface area contributed by atoms with Crippen LogP contribution < -0.4 is 10.6 Å². The van der Waals surface area contributed by atoms with Gasteiger partial charge in [0, 0.05) is 19.2 Å². The van der Waals surface area contributed by atoms with Crippen molar-refractivity contribution in [2.24, 2.45) is 5.92 Å². The molecule has 3 N–H and O–H groups in total. The minimum atomic E-state index is -0.814. The van der Waals surface area contributed by atoms with Crippen molar-refractivity contribution in [2.45, 2.75) is 13.3 Å². The van der Waals surface area contributed by atoms with Gasteiger partial charge >= 0.3 is 5.97 Å². The van der Waals surface area contributed by atoms with Crippen LogP contribution in [0.15, 0.2) is 10.5 Å². The Bertz CT molecular complexity index is 507. The lowest BCUT2D eigenvalue weighted by Gasteiger charge is -2.22. The van der Waals surface area contributed by atoms with Gasteiger partial charge in [-0.2, -0.15) is 0 Å². The van der Waals surface area contributed by atoms with Gasteiger partial charge in [-0.3, -0.25) is 4.79 Å². The summed E-state index contributed by atoms with van der Waals surface area (Å²) in [6.07, 6.45) is 0.561. The minimum Gasteiger partial charge on any atom is -0.481 e. The van der Waals surface area contributed by atoms with E-state index < -0.39 is 11.9 Å². The Morgan fingerprint density at radius 2 is 2.33 bits per heavy atom. The summed E-state index contributed by atoms with van der Waals surface area (Å²) in [5.74, 6) is -1.60. The first-order valence-electron chi connectivity index (χ1n) is 5.63. The second kappa shape index (κ2) is 4.76. The van der Waals surface area contributed by atoms with Crippen LogP contribution in [0.5, 0.6) is 0 Å². The van der Waals surface area contributed by atoms with Crippen LogP contribution in [0.2, 0.25) is 0 Å². The van der Waals surface area contributed by atoms with E-state index >= 15 is 0 Å². The molecule has 1 aromatic rings. The van der Waals surface area contributed by atoms with Crippen LogP contribution in [0.4, 0.5) is 15.8 Å². The van der Waals surface area contributed by atoms with E-state index in [1.54, 1.807) is 6.92 Å². The van der Waals surface area contributed by atoms with Gasteiger partial charge < -0.3 is 15.7 Å². The number of nitrogens with two attached hydrogens (primary N) is 1. The van der Waals surface area contributed by atoms with Gasteiger partial charge in [-0.1, -0.05) is 0 Å². The minimum absolute atomic E-state index is 0.359. The maximum Gasteiger partial charge on any atom is 0.308 e. The second-order valence-electron chi connectivity index (χ2n) is 4.50. The van der Waals surface area contributed by atoms with Crippen LogP contribution in [0.1, 0.15) is 12.0 Å². The molecule has 0 aromatic heterocycles. The first-order valence-corrected chi connectivity index (χ1v) is 6.43. The topological polar surface area (TPSA) is 66.6 Å². The smallest absolute Gasteiger partial charge is 0.308 e. The van der Waals surface area contributed by atoms with Crippen molar-refractivity contribution in [1.82, 2.24) is 0 Å². The first kappa shape index (κ1) is 13.1. The third-order valence-corrected chi connectivity index (χ3v) is 4.33. The molecule has 0 saturated carbocycles. The van der Waals surface area contributed by atoms with Gasteiger partial charge in [0.2, 0.25) is 0 Å². The zero-order chi connectivity index (χ0) is 13.4. The highest BCUT2D eigenvalue weighted by Gasteiger charge is 2.29. The molecule has 1 aromatic carbocycles. The summed E-state index contributed by atoms with van der Waals surface area (Å²) in [5, 5.41) is 8.96. The molecular formula is C12H14BrFN2O2. The Hall–Kier alpha value is -1.30. The van der Waals surface area contributed by atoms with Crippen LogP contribution in [-0.4, -0.2) is 24.2 Å². The van der Waals surface area contributed by atoms with E-state index in [-0.39, 0.29) is 5.82 Å². The normalized spacial score (nSPS) is 19.3. The maximum absolute atomic E-state index is 13.7. The third kappa shape index (κ3) is 2.16. The molecule has 0 amide bonds. The summed E-state index contributed by atoms with van der Waals surface area (Å²) in [6, 6.07) is 1.36. The lowest BCUT2D eigenvalue weighted by atomic mass is 10.1. The van der Waals surface area contributed by atoms with E-state index in [0.29, 0.717) is 40.9 Å². The van der Waals surface area contributed by atoms with E-state index in [2.05, 4.69) is 15.9 Å². The van der Waals surface area contributed by atoms with Gasteiger partial charge in [0.05, 0.1) is 21.8 Å². The number of carboxylic acids is 1. The van der Waals surface area contributed by atoms with Gasteiger partial charge in [0.1, 0.15) is 5.82 Å². The molecule has 4 nitrogen and oxygen atoms in total. The van der Waals surface area contributed by atoms with E-state index in [1.807, 2.05) is 4.90 Å². The second-order valence-corrected chi connectivity index (χ2v) is 5.29. The molecule has 2 rings (SSSR count). The maximum atomic E-state index is 13.7. The fourth-order valence-corrected chi connectivity index (χ4v) is 2.52. The van der Waals surface area contributed by atoms with Gasteiger partial charge in [0.25, 0.3) is 0 Å². The van der Waals surface area contributed by atoms with E-state index in [4.69, 9.17) is 10.8 Å². The molecule has 1 saturated heterocycles. The Morgan fingerprint density at radius 1 is 1.67 bits per heavy atom. The standard InChI is InChI=1S/C12H14BrFN2O2/c1-6-10(13)8(14)4-9(11(6)15)16-3-2-7(5-16)12(17)18/h4,7H,2-3,5,15H2,1H3,(H,17,18)/t7-/m0/s1. The molecule has 1 fully saturated rings. The largest absolute Gasteiger partial charge is 0.481 e.